The Balaban J connectivity index is 2.13. The highest BCUT2D eigenvalue weighted by molar-refractivity contribution is 5.99. The van der Waals surface area contributed by atoms with Crippen molar-refractivity contribution in [3.05, 3.63) is 33.9 Å². The molecule has 1 aromatic rings. The van der Waals surface area contributed by atoms with Crippen molar-refractivity contribution >= 4 is 17.3 Å². The number of nitrogen functional groups attached to an aromatic ring is 1. The molecular weight excluding hydrogens is 262 g/mol. The molecule has 108 valence electrons. The van der Waals surface area contributed by atoms with Crippen molar-refractivity contribution in [2.24, 2.45) is 0 Å². The molecule has 0 aromatic heterocycles. The molecule has 0 radical (unpaired) electrons. The highest BCUT2D eigenvalue weighted by Gasteiger charge is 2.28. The number of methoxy groups -OCH3 is 1. The summed E-state index contributed by atoms with van der Waals surface area (Å²) in [5.41, 5.74) is 5.67. The summed E-state index contributed by atoms with van der Waals surface area (Å²) in [7, 11) is 1.64. The number of nitrogens with two attached hydrogens (primary N) is 1. The molecule has 2 rings (SSSR count). The van der Waals surface area contributed by atoms with Gasteiger partial charge < -0.3 is 15.8 Å². The first kappa shape index (κ1) is 14.3. The van der Waals surface area contributed by atoms with Crippen LogP contribution in [0.25, 0.3) is 0 Å². The first-order valence-corrected chi connectivity index (χ1v) is 6.39. The van der Waals surface area contributed by atoms with Crippen LogP contribution in [0.1, 0.15) is 29.6 Å². The van der Waals surface area contributed by atoms with Crippen LogP contribution in [-0.2, 0) is 4.74 Å². The highest BCUT2D eigenvalue weighted by atomic mass is 16.6. The molecule has 2 atom stereocenters. The van der Waals surface area contributed by atoms with Gasteiger partial charge in [0, 0.05) is 24.9 Å². The third kappa shape index (κ3) is 3.05. The number of benzene rings is 1. The van der Waals surface area contributed by atoms with Crippen LogP contribution in [0.2, 0.25) is 0 Å². The van der Waals surface area contributed by atoms with Gasteiger partial charge in [-0.1, -0.05) is 0 Å². The molecule has 7 nitrogen and oxygen atoms in total. The molecule has 1 aliphatic carbocycles. The SMILES string of the molecule is COC1CCC(NC(=O)c2cc(N)ccc2[N+](=O)[O-])C1. The zero-order valence-electron chi connectivity index (χ0n) is 11.2. The van der Waals surface area contributed by atoms with Gasteiger partial charge in [0.2, 0.25) is 0 Å². The monoisotopic (exact) mass is 279 g/mol. The quantitative estimate of drug-likeness (QED) is 0.493. The van der Waals surface area contributed by atoms with Crippen molar-refractivity contribution in [3.63, 3.8) is 0 Å². The van der Waals surface area contributed by atoms with Gasteiger partial charge in [0.05, 0.1) is 11.0 Å². The smallest absolute Gasteiger partial charge is 0.282 e. The molecule has 7 heteroatoms. The topological polar surface area (TPSA) is 107 Å². The molecule has 2 unspecified atom stereocenters. The lowest BCUT2D eigenvalue weighted by molar-refractivity contribution is -0.385. The number of ether oxygens (including phenoxy) is 1. The van der Waals surface area contributed by atoms with Gasteiger partial charge in [-0.05, 0) is 31.4 Å². The number of nitrogens with one attached hydrogen (secondary N) is 1. The maximum atomic E-state index is 12.2. The van der Waals surface area contributed by atoms with Gasteiger partial charge in [0.1, 0.15) is 5.56 Å². The lowest BCUT2D eigenvalue weighted by Crippen LogP contribution is -2.33. The number of rotatable bonds is 4. The lowest BCUT2D eigenvalue weighted by Gasteiger charge is -2.13. The summed E-state index contributed by atoms with van der Waals surface area (Å²) in [6.45, 7) is 0. The van der Waals surface area contributed by atoms with Gasteiger partial charge in [0.25, 0.3) is 11.6 Å². The number of nitrogens with zero attached hydrogens (tertiary/aromatic N) is 1. The number of nitro groups is 1. The summed E-state index contributed by atoms with van der Waals surface area (Å²) in [5.74, 6) is -0.467. The third-order valence-corrected chi connectivity index (χ3v) is 3.51. The van der Waals surface area contributed by atoms with Crippen molar-refractivity contribution in [2.75, 3.05) is 12.8 Å². The van der Waals surface area contributed by atoms with E-state index in [0.717, 1.165) is 19.3 Å². The van der Waals surface area contributed by atoms with Crippen molar-refractivity contribution in [1.29, 1.82) is 0 Å². The van der Waals surface area contributed by atoms with Crippen LogP contribution < -0.4 is 11.1 Å². The zero-order valence-corrected chi connectivity index (χ0v) is 11.2. The predicted octanol–water partition coefficient (Wildman–Crippen LogP) is 1.47. The number of nitro benzene ring substituents is 1. The molecule has 1 fully saturated rings. The van der Waals surface area contributed by atoms with E-state index in [0.29, 0.717) is 5.69 Å². The van der Waals surface area contributed by atoms with Gasteiger partial charge in [-0.15, -0.1) is 0 Å². The summed E-state index contributed by atoms with van der Waals surface area (Å²) in [5, 5.41) is 13.7. The van der Waals surface area contributed by atoms with Crippen molar-refractivity contribution in [3.8, 4) is 0 Å². The van der Waals surface area contributed by atoms with Gasteiger partial charge >= 0.3 is 0 Å². The summed E-state index contributed by atoms with van der Waals surface area (Å²) < 4.78 is 5.23. The van der Waals surface area contributed by atoms with E-state index >= 15 is 0 Å². The van der Waals surface area contributed by atoms with Gasteiger partial charge in [-0.2, -0.15) is 0 Å². The Morgan fingerprint density at radius 3 is 2.85 bits per heavy atom. The van der Waals surface area contributed by atoms with Gasteiger partial charge in [-0.3, -0.25) is 14.9 Å². The fourth-order valence-electron chi connectivity index (χ4n) is 2.44. The number of hydrogen-bond acceptors (Lipinski definition) is 5. The van der Waals surface area contributed by atoms with Crippen LogP contribution in [0.15, 0.2) is 18.2 Å². The summed E-state index contributed by atoms with van der Waals surface area (Å²) in [6.07, 6.45) is 2.54. The van der Waals surface area contributed by atoms with Crippen LogP contribution in [0.5, 0.6) is 0 Å². The molecule has 1 aliphatic rings. The summed E-state index contributed by atoms with van der Waals surface area (Å²) in [4.78, 5) is 22.5. The molecule has 1 saturated carbocycles. The average molecular weight is 279 g/mol. The Morgan fingerprint density at radius 1 is 1.50 bits per heavy atom. The van der Waals surface area contributed by atoms with Crippen molar-refractivity contribution in [2.45, 2.75) is 31.4 Å². The standard InChI is InChI=1S/C13H17N3O4/c1-20-10-4-3-9(7-10)15-13(17)11-6-8(14)2-5-12(11)16(18)19/h2,5-6,9-10H,3-4,7,14H2,1H3,(H,15,17). The molecule has 0 saturated heterocycles. The molecule has 1 amide bonds. The van der Waals surface area contributed by atoms with Crippen LogP contribution in [-0.4, -0.2) is 30.1 Å². The molecule has 20 heavy (non-hydrogen) atoms. The summed E-state index contributed by atoms with van der Waals surface area (Å²) in [6, 6.07) is 3.96. The third-order valence-electron chi connectivity index (χ3n) is 3.51. The van der Waals surface area contributed by atoms with E-state index in [-0.39, 0.29) is 23.4 Å². The highest BCUT2D eigenvalue weighted by Crippen LogP contribution is 2.24. The van der Waals surface area contributed by atoms with E-state index < -0.39 is 10.8 Å². The molecule has 1 aromatic carbocycles. The minimum Gasteiger partial charge on any atom is -0.399 e. The minimum atomic E-state index is -0.582. The first-order chi connectivity index (χ1) is 9.51. The minimum absolute atomic E-state index is 0.00383. The first-order valence-electron chi connectivity index (χ1n) is 6.39. The van der Waals surface area contributed by atoms with Crippen molar-refractivity contribution < 1.29 is 14.5 Å². The van der Waals surface area contributed by atoms with Crippen molar-refractivity contribution in [1.82, 2.24) is 5.32 Å². The van der Waals surface area contributed by atoms with Gasteiger partial charge in [-0.25, -0.2) is 0 Å². The van der Waals surface area contributed by atoms with E-state index in [1.165, 1.54) is 18.2 Å². The van der Waals surface area contributed by atoms with Crippen LogP contribution in [0.3, 0.4) is 0 Å². The maximum absolute atomic E-state index is 12.2. The number of anilines is 1. The fraction of sp³-hybridized carbons (Fsp3) is 0.462. The second-order valence-electron chi connectivity index (χ2n) is 4.87. The van der Waals surface area contributed by atoms with E-state index in [9.17, 15) is 14.9 Å². The summed E-state index contributed by atoms with van der Waals surface area (Å²) >= 11 is 0. The molecule has 0 bridgehead atoms. The average Bonchev–Trinajstić information content (AvgIpc) is 2.85. The van der Waals surface area contributed by atoms with E-state index in [4.69, 9.17) is 10.5 Å². The Bertz CT molecular complexity index is 532. The number of amides is 1. The number of hydrogen-bond donors (Lipinski definition) is 2. The van der Waals surface area contributed by atoms with Gasteiger partial charge in [0.15, 0.2) is 0 Å². The predicted molar refractivity (Wildman–Crippen MR) is 73.4 cm³/mol. The molecule has 0 spiro atoms. The Labute approximate surface area is 116 Å². The van der Waals surface area contributed by atoms with Crippen LogP contribution in [0, 0.1) is 10.1 Å². The molecule has 0 aliphatic heterocycles. The lowest BCUT2D eigenvalue weighted by atomic mass is 10.1. The van der Waals surface area contributed by atoms with E-state index in [1.807, 2.05) is 0 Å². The second-order valence-corrected chi connectivity index (χ2v) is 4.87. The van der Waals surface area contributed by atoms with Crippen LogP contribution in [0.4, 0.5) is 11.4 Å². The molecule has 3 N–H and O–H groups in total. The Morgan fingerprint density at radius 2 is 2.25 bits per heavy atom. The van der Waals surface area contributed by atoms with Crippen LogP contribution >= 0.6 is 0 Å². The second kappa shape index (κ2) is 5.87. The fourth-order valence-corrected chi connectivity index (χ4v) is 2.44. The normalized spacial score (nSPS) is 21.6. The number of carbonyl (C=O) groups excluding carboxylic acids is 1. The largest absolute Gasteiger partial charge is 0.399 e. The molecule has 0 heterocycles. The maximum Gasteiger partial charge on any atom is 0.282 e. The zero-order chi connectivity index (χ0) is 14.7. The number of carbonyl (C=O) groups is 1. The van der Waals surface area contributed by atoms with E-state index in [1.54, 1.807) is 7.11 Å². The Hall–Kier alpha value is -2.15. The Kier molecular flexibility index (Phi) is 4.19. The van der Waals surface area contributed by atoms with E-state index in [2.05, 4.69) is 5.32 Å². The molecular formula is C13H17N3O4.